The standard InChI is InChI=1S/C19H25N5O3/c1-14(2)24-19(20-13-21-24)22-18(26)15-6-8-16(9-7-15)27-12-17(25)23-10-4-3-5-11-23/h6-9,13-14H,3-5,10-12H2,1-2H3,(H,20,21,22,26). The summed E-state index contributed by atoms with van der Waals surface area (Å²) in [4.78, 5) is 30.4. The van der Waals surface area contributed by atoms with Gasteiger partial charge in [0.1, 0.15) is 12.1 Å². The molecule has 0 bridgehead atoms. The molecule has 0 atom stereocenters. The fourth-order valence-corrected chi connectivity index (χ4v) is 2.97. The van der Waals surface area contributed by atoms with Crippen LogP contribution in [0.15, 0.2) is 30.6 Å². The molecular weight excluding hydrogens is 346 g/mol. The van der Waals surface area contributed by atoms with Crippen LogP contribution in [-0.2, 0) is 4.79 Å². The van der Waals surface area contributed by atoms with E-state index < -0.39 is 0 Å². The highest BCUT2D eigenvalue weighted by Crippen LogP contribution is 2.16. The molecule has 1 aliphatic heterocycles. The predicted molar refractivity (Wildman–Crippen MR) is 101 cm³/mol. The van der Waals surface area contributed by atoms with E-state index in [-0.39, 0.29) is 24.5 Å². The summed E-state index contributed by atoms with van der Waals surface area (Å²) in [6, 6.07) is 6.78. The van der Waals surface area contributed by atoms with Gasteiger partial charge >= 0.3 is 0 Å². The maximum absolute atomic E-state index is 12.4. The molecule has 1 N–H and O–H groups in total. The Morgan fingerprint density at radius 1 is 1.15 bits per heavy atom. The molecule has 1 fully saturated rings. The number of aromatic nitrogens is 3. The maximum atomic E-state index is 12.4. The van der Waals surface area contributed by atoms with Gasteiger partial charge in [0.15, 0.2) is 6.61 Å². The Morgan fingerprint density at radius 3 is 2.52 bits per heavy atom. The van der Waals surface area contributed by atoms with E-state index in [0.717, 1.165) is 25.9 Å². The molecule has 1 aliphatic rings. The Balaban J connectivity index is 1.54. The molecule has 8 nitrogen and oxygen atoms in total. The molecule has 2 amide bonds. The number of benzene rings is 1. The van der Waals surface area contributed by atoms with Gasteiger partial charge in [-0.3, -0.25) is 14.9 Å². The van der Waals surface area contributed by atoms with Crippen molar-refractivity contribution in [2.45, 2.75) is 39.2 Å². The molecule has 144 valence electrons. The fourth-order valence-electron chi connectivity index (χ4n) is 2.97. The lowest BCUT2D eigenvalue weighted by molar-refractivity contribution is -0.134. The van der Waals surface area contributed by atoms with Crippen molar-refractivity contribution in [3.05, 3.63) is 36.2 Å². The second-order valence-electron chi connectivity index (χ2n) is 6.83. The highest BCUT2D eigenvalue weighted by Gasteiger charge is 2.17. The van der Waals surface area contributed by atoms with Crippen LogP contribution in [-0.4, -0.2) is 51.2 Å². The van der Waals surface area contributed by atoms with Crippen molar-refractivity contribution >= 4 is 17.8 Å². The van der Waals surface area contributed by atoms with E-state index in [4.69, 9.17) is 4.74 Å². The monoisotopic (exact) mass is 371 g/mol. The van der Waals surface area contributed by atoms with Crippen molar-refractivity contribution in [2.24, 2.45) is 0 Å². The molecular formula is C19H25N5O3. The van der Waals surface area contributed by atoms with Crippen molar-refractivity contribution in [2.75, 3.05) is 25.0 Å². The summed E-state index contributed by atoms with van der Waals surface area (Å²) in [5, 5.41) is 6.84. The fraction of sp³-hybridized carbons (Fsp3) is 0.474. The second kappa shape index (κ2) is 8.66. The molecule has 1 aromatic heterocycles. The van der Waals surface area contributed by atoms with Gasteiger partial charge in [0.25, 0.3) is 11.8 Å². The molecule has 2 aromatic rings. The van der Waals surface area contributed by atoms with Crippen molar-refractivity contribution in [3.8, 4) is 5.75 Å². The van der Waals surface area contributed by atoms with Gasteiger partial charge in [0, 0.05) is 18.7 Å². The zero-order valence-electron chi connectivity index (χ0n) is 15.7. The minimum Gasteiger partial charge on any atom is -0.484 e. The number of anilines is 1. The Kier molecular flexibility index (Phi) is 6.05. The van der Waals surface area contributed by atoms with Crippen molar-refractivity contribution in [1.29, 1.82) is 0 Å². The van der Waals surface area contributed by atoms with E-state index >= 15 is 0 Å². The first-order chi connectivity index (χ1) is 13.0. The normalized spacial score (nSPS) is 14.3. The highest BCUT2D eigenvalue weighted by molar-refractivity contribution is 6.03. The van der Waals surface area contributed by atoms with Crippen LogP contribution in [0, 0.1) is 0 Å². The van der Waals surface area contributed by atoms with Gasteiger partial charge in [-0.2, -0.15) is 10.1 Å². The largest absolute Gasteiger partial charge is 0.484 e. The Hall–Kier alpha value is -2.90. The van der Waals surface area contributed by atoms with Crippen LogP contribution in [0.3, 0.4) is 0 Å². The van der Waals surface area contributed by atoms with Crippen LogP contribution in [0.1, 0.15) is 49.5 Å². The maximum Gasteiger partial charge on any atom is 0.260 e. The van der Waals surface area contributed by atoms with Gasteiger partial charge in [-0.05, 0) is 57.4 Å². The first-order valence-corrected chi connectivity index (χ1v) is 9.26. The Morgan fingerprint density at radius 2 is 1.85 bits per heavy atom. The number of carbonyl (C=O) groups excluding carboxylic acids is 2. The number of ether oxygens (including phenoxy) is 1. The van der Waals surface area contributed by atoms with E-state index in [1.807, 2.05) is 18.7 Å². The quantitative estimate of drug-likeness (QED) is 0.843. The van der Waals surface area contributed by atoms with Crippen LogP contribution in [0.5, 0.6) is 5.75 Å². The first-order valence-electron chi connectivity index (χ1n) is 9.26. The molecule has 8 heteroatoms. The summed E-state index contributed by atoms with van der Waals surface area (Å²) in [6.45, 7) is 5.55. The van der Waals surface area contributed by atoms with Gasteiger partial charge in [-0.25, -0.2) is 4.68 Å². The van der Waals surface area contributed by atoms with E-state index in [0.29, 0.717) is 17.3 Å². The Labute approximate surface area is 158 Å². The van der Waals surface area contributed by atoms with E-state index in [2.05, 4.69) is 15.4 Å². The number of carbonyl (C=O) groups is 2. The van der Waals surface area contributed by atoms with Gasteiger partial charge in [0.2, 0.25) is 5.95 Å². The topological polar surface area (TPSA) is 89.4 Å². The van der Waals surface area contributed by atoms with Gasteiger partial charge in [-0.15, -0.1) is 0 Å². The van der Waals surface area contributed by atoms with E-state index in [1.54, 1.807) is 28.9 Å². The Bertz CT molecular complexity index is 779. The molecule has 1 aromatic carbocycles. The number of nitrogens with zero attached hydrogens (tertiary/aromatic N) is 4. The molecule has 0 spiro atoms. The highest BCUT2D eigenvalue weighted by atomic mass is 16.5. The number of piperidine rings is 1. The number of rotatable bonds is 6. The van der Waals surface area contributed by atoms with Crippen molar-refractivity contribution in [3.63, 3.8) is 0 Å². The van der Waals surface area contributed by atoms with Gasteiger partial charge < -0.3 is 9.64 Å². The third-order valence-corrected chi connectivity index (χ3v) is 4.48. The van der Waals surface area contributed by atoms with E-state index in [9.17, 15) is 9.59 Å². The molecule has 27 heavy (non-hydrogen) atoms. The molecule has 0 saturated carbocycles. The molecule has 0 radical (unpaired) electrons. The SMILES string of the molecule is CC(C)n1ncnc1NC(=O)c1ccc(OCC(=O)N2CCCCC2)cc1. The number of hydrogen-bond acceptors (Lipinski definition) is 5. The molecule has 2 heterocycles. The predicted octanol–water partition coefficient (Wildman–Crippen LogP) is 2.50. The van der Waals surface area contributed by atoms with Crippen LogP contribution >= 0.6 is 0 Å². The number of nitrogens with one attached hydrogen (secondary N) is 1. The lowest BCUT2D eigenvalue weighted by atomic mass is 10.1. The number of amides is 2. The summed E-state index contributed by atoms with van der Waals surface area (Å²) in [6.07, 6.45) is 4.70. The van der Waals surface area contributed by atoms with Crippen LogP contribution in [0.4, 0.5) is 5.95 Å². The van der Waals surface area contributed by atoms with Crippen LogP contribution in [0.2, 0.25) is 0 Å². The summed E-state index contributed by atoms with van der Waals surface area (Å²) >= 11 is 0. The smallest absolute Gasteiger partial charge is 0.260 e. The van der Waals surface area contributed by atoms with Crippen LogP contribution in [0.25, 0.3) is 0 Å². The molecule has 3 rings (SSSR count). The first kappa shape index (κ1) is 18.9. The zero-order valence-corrected chi connectivity index (χ0v) is 15.7. The number of likely N-dealkylation sites (tertiary alicyclic amines) is 1. The minimum absolute atomic E-state index is 0.00420. The van der Waals surface area contributed by atoms with Crippen molar-refractivity contribution in [1.82, 2.24) is 19.7 Å². The molecule has 1 saturated heterocycles. The summed E-state index contributed by atoms with van der Waals surface area (Å²) in [7, 11) is 0. The van der Waals surface area contributed by atoms with Gasteiger partial charge in [0.05, 0.1) is 6.04 Å². The lowest BCUT2D eigenvalue weighted by Crippen LogP contribution is -2.38. The summed E-state index contributed by atoms with van der Waals surface area (Å²) in [5.74, 6) is 0.690. The number of hydrogen-bond donors (Lipinski definition) is 1. The summed E-state index contributed by atoms with van der Waals surface area (Å²) < 4.78 is 7.20. The summed E-state index contributed by atoms with van der Waals surface area (Å²) in [5.41, 5.74) is 0.475. The molecule has 0 unspecified atom stereocenters. The zero-order chi connectivity index (χ0) is 19.2. The lowest BCUT2D eigenvalue weighted by Gasteiger charge is -2.26. The van der Waals surface area contributed by atoms with Crippen LogP contribution < -0.4 is 10.1 Å². The van der Waals surface area contributed by atoms with Crippen molar-refractivity contribution < 1.29 is 14.3 Å². The third-order valence-electron chi connectivity index (χ3n) is 4.48. The van der Waals surface area contributed by atoms with E-state index in [1.165, 1.54) is 12.7 Å². The average Bonchev–Trinajstić information content (AvgIpc) is 3.15. The second-order valence-corrected chi connectivity index (χ2v) is 6.83. The average molecular weight is 371 g/mol. The minimum atomic E-state index is -0.277. The third kappa shape index (κ3) is 4.84. The van der Waals surface area contributed by atoms with Gasteiger partial charge in [-0.1, -0.05) is 0 Å². The molecule has 0 aliphatic carbocycles.